The van der Waals surface area contributed by atoms with Gasteiger partial charge in [-0.3, -0.25) is 29.1 Å². The van der Waals surface area contributed by atoms with Crippen molar-refractivity contribution in [3.05, 3.63) is 89.5 Å². The van der Waals surface area contributed by atoms with E-state index in [9.17, 15) is 68.3 Å². The van der Waals surface area contributed by atoms with Crippen molar-refractivity contribution >= 4 is 43.3 Å². The molecule has 9 aliphatic rings. The number of hydrogen-bond acceptors (Lipinski definition) is 18. The van der Waals surface area contributed by atoms with Gasteiger partial charge in [0.25, 0.3) is 0 Å². The normalized spacial score (nSPS) is 33.4. The number of carbonyl (C=O) groups is 6. The van der Waals surface area contributed by atoms with Crippen LogP contribution in [0.1, 0.15) is 95.2 Å². The fraction of sp³-hybridized carbons (Fsp3) is 0.680. The van der Waals surface area contributed by atoms with Crippen LogP contribution in [0.3, 0.4) is 0 Å². The summed E-state index contributed by atoms with van der Waals surface area (Å²) in [6.45, 7) is -1.50. The SMILES string of the molecule is COC(=O)N1[C@H](C)C[C@H](N(Cc2ccc(OC)cc2)C(=O)C(F)(F)F)[C@@H]1COC1CC2CC2(OB(OC23CC2CC(OC[C@H]2[C@@H](N(Cc4ccc(OC)cc4)C(=O)C(F)(F)F)C[C@@H](C)N2C(=O)OC)C(F)C3(F)F)OC23CC2CC(OC[C@H]2[C@@H](N(Cc4ccc(OC)cc4)C(=O)C(F)(F)F)C[C@@H](C)N2C(=O)OC)C(F)C3(F)F)C(F)(F)C1F. The molecule has 12 unspecified atom stereocenters. The predicted molar refractivity (Wildman–Crippen MR) is 371 cm³/mol. The lowest BCUT2D eigenvalue weighted by molar-refractivity contribution is -0.258. The number of ether oxygens (including phenoxy) is 9. The van der Waals surface area contributed by atoms with Gasteiger partial charge in [-0.2, -0.15) is 39.5 Å². The fourth-order valence-electron chi connectivity index (χ4n) is 18.5. The summed E-state index contributed by atoms with van der Waals surface area (Å²) in [4.78, 5) is 84.2. The Bertz CT molecular complexity index is 3730. The maximum atomic E-state index is 17.6. The van der Waals surface area contributed by atoms with E-state index < -0.39 is 303 Å². The van der Waals surface area contributed by atoms with Gasteiger partial charge in [0.05, 0.1) is 117 Å². The lowest BCUT2D eigenvalue weighted by Gasteiger charge is -2.44. The molecule has 6 amide bonds. The number of nitrogens with zero attached hydrogens (tertiary/aromatic N) is 6. The minimum absolute atomic E-state index is 0.110. The highest BCUT2D eigenvalue weighted by Gasteiger charge is 2.85. The van der Waals surface area contributed by atoms with Gasteiger partial charge < -0.3 is 71.3 Å². The van der Waals surface area contributed by atoms with Crippen molar-refractivity contribution in [2.45, 2.75) is 242 Å². The van der Waals surface area contributed by atoms with Crippen LogP contribution in [0.15, 0.2) is 72.8 Å². The molecule has 9 fully saturated rings. The molecule has 0 aromatic heterocycles. The molecule has 6 saturated carbocycles. The summed E-state index contributed by atoms with van der Waals surface area (Å²) in [5.74, 6) is -26.6. The van der Waals surface area contributed by atoms with Crippen molar-refractivity contribution in [3.63, 3.8) is 0 Å². The quantitative estimate of drug-likeness (QED) is 0.0392. The second-order valence-corrected chi connectivity index (χ2v) is 31.5. The predicted octanol–water partition coefficient (Wildman–Crippen LogP) is 12.2. The molecule has 118 heavy (non-hydrogen) atoms. The van der Waals surface area contributed by atoms with Gasteiger partial charge in [-0.05, 0) is 149 Å². The molecule has 3 aromatic carbocycles. The lowest BCUT2D eigenvalue weighted by Crippen LogP contribution is -2.64. The summed E-state index contributed by atoms with van der Waals surface area (Å²) in [7, 11) is 3.27. The first-order valence-electron chi connectivity index (χ1n) is 37.8. The Morgan fingerprint density at radius 1 is 0.390 bits per heavy atom. The maximum Gasteiger partial charge on any atom is 0.641 e. The largest absolute Gasteiger partial charge is 0.641 e. The van der Waals surface area contributed by atoms with Crippen LogP contribution in [0.25, 0.3) is 0 Å². The van der Waals surface area contributed by atoms with Gasteiger partial charge in [-0.25, -0.2) is 53.9 Å². The zero-order valence-electron chi connectivity index (χ0n) is 64.8. The number of halogens is 18. The van der Waals surface area contributed by atoms with Gasteiger partial charge in [0, 0.05) is 37.8 Å². The highest BCUT2D eigenvalue weighted by Crippen LogP contribution is 2.70. The van der Waals surface area contributed by atoms with Gasteiger partial charge in [0.15, 0.2) is 18.5 Å². The third-order valence-electron chi connectivity index (χ3n) is 24.8. The first-order chi connectivity index (χ1) is 55.2. The highest BCUT2D eigenvalue weighted by molar-refractivity contribution is 6.37. The Labute approximate surface area is 664 Å². The van der Waals surface area contributed by atoms with Crippen LogP contribution in [0.2, 0.25) is 0 Å². The van der Waals surface area contributed by atoms with Crippen molar-refractivity contribution in [3.8, 4) is 17.2 Å². The monoisotopic (exact) mass is 1710 g/mol. The first-order valence-corrected chi connectivity index (χ1v) is 37.8. The van der Waals surface area contributed by atoms with Crippen molar-refractivity contribution in [1.82, 2.24) is 29.4 Å². The molecule has 654 valence electrons. The average Bonchev–Trinajstić information content (AvgIpc) is 1.51. The summed E-state index contributed by atoms with van der Waals surface area (Å²) in [5, 5.41) is 0. The van der Waals surface area contributed by atoms with E-state index >= 15 is 39.5 Å². The van der Waals surface area contributed by atoms with Crippen LogP contribution in [0.4, 0.5) is 93.4 Å². The third-order valence-corrected chi connectivity index (χ3v) is 24.8. The summed E-state index contributed by atoms with van der Waals surface area (Å²) in [6, 6.07) is 2.88. The van der Waals surface area contributed by atoms with Crippen LogP contribution < -0.4 is 14.2 Å². The van der Waals surface area contributed by atoms with Gasteiger partial charge in [0.1, 0.15) is 34.1 Å². The molecule has 43 heteroatoms. The second kappa shape index (κ2) is 33.0. The Balaban J connectivity index is 0.827. The maximum absolute atomic E-state index is 17.6. The number of amides is 6. The number of benzene rings is 3. The number of methoxy groups -OCH3 is 6. The Kier molecular flexibility index (Phi) is 24.9. The molecule has 21 atom stereocenters. The van der Waals surface area contributed by atoms with E-state index in [0.717, 1.165) is 36.0 Å². The van der Waals surface area contributed by atoms with Crippen molar-refractivity contribution in [2.24, 2.45) is 17.8 Å². The van der Waals surface area contributed by atoms with E-state index in [1.54, 1.807) is 0 Å². The Morgan fingerprint density at radius 2 is 0.619 bits per heavy atom. The summed E-state index contributed by atoms with van der Waals surface area (Å²) in [6.07, 6.45) is -45.1. The topological polar surface area (TPSA) is 233 Å². The van der Waals surface area contributed by atoms with E-state index in [1.165, 1.54) is 115 Å². The standard InChI is InChI=1S/C75H87BF18N6O18/c1-37-22-49(95(61(101)73(86,87)88)31-40-10-16-46(107-4)17-11-40)52(98(37)64(104)110-7)34-113-55-25-43-28-67(43,70(80,81)58(55)77)116-76(117-68-29-44(68)26-56(59(78)71(68,82)83)114-35-53-50(23-38(2)99(53)65(105)111-8)96(62(102)74(89,90)91)32-41-12-18-47(108-5)19-13-41)118-69-30-45(69)27-57(60(79)72(69,84)85)115-36-54-51(24-39(3)100(54)66(106)112-9)97(63(103)75(92,93)94)33-42-14-20-48(109-6)21-15-42/h10-21,37-39,43-45,49-60H,22-36H2,1-9H3/t37-,38-,39-,43?,44?,45?,49+,50+,51+,52+,53+,54+,55?,56?,57?,58?,59?,60?,67?,68?,69?/m1/s1. The zero-order chi connectivity index (χ0) is 86.4. The molecule has 6 aliphatic carbocycles. The molecule has 24 nitrogen and oxygen atoms in total. The lowest BCUT2D eigenvalue weighted by atomic mass is 9.86. The minimum Gasteiger partial charge on any atom is -0.497 e. The molecule has 0 bridgehead atoms. The van der Waals surface area contributed by atoms with Gasteiger partial charge in [-0.15, -0.1) is 0 Å². The molecule has 3 saturated heterocycles. The highest BCUT2D eigenvalue weighted by atomic mass is 19.4. The molecular weight excluding hydrogens is 1630 g/mol. The molecule has 0 spiro atoms. The van der Waals surface area contributed by atoms with Crippen LogP contribution in [-0.4, -0.2) is 280 Å². The third kappa shape index (κ3) is 16.4. The summed E-state index contributed by atoms with van der Waals surface area (Å²) >= 11 is 0. The van der Waals surface area contributed by atoms with Crippen molar-refractivity contribution in [1.29, 1.82) is 0 Å². The second-order valence-electron chi connectivity index (χ2n) is 31.5. The fourth-order valence-corrected chi connectivity index (χ4v) is 18.5. The number of fused-ring (bicyclic) bond motifs is 3. The van der Waals surface area contributed by atoms with Crippen LogP contribution in [0.5, 0.6) is 17.2 Å². The van der Waals surface area contributed by atoms with E-state index in [4.69, 9.17) is 56.6 Å². The van der Waals surface area contributed by atoms with Crippen molar-refractivity contribution < 1.29 is 164 Å². The molecule has 0 radical (unpaired) electrons. The first kappa shape index (κ1) is 89.1. The van der Waals surface area contributed by atoms with Crippen LogP contribution in [-0.2, 0) is 76.4 Å². The number of rotatable bonds is 27. The van der Waals surface area contributed by atoms with Crippen LogP contribution in [0, 0.1) is 17.8 Å². The number of alkyl halides is 18. The van der Waals surface area contributed by atoms with Gasteiger partial charge in [0.2, 0.25) is 0 Å². The molecule has 12 rings (SSSR count). The van der Waals surface area contributed by atoms with E-state index in [-0.39, 0.29) is 33.9 Å². The molecular formula is C75H87BF18N6O18. The number of likely N-dealkylation sites (tertiary alicyclic amines) is 3. The Morgan fingerprint density at radius 3 is 0.822 bits per heavy atom. The summed E-state index contributed by atoms with van der Waals surface area (Å²) in [5.41, 5.74) is -9.72. The van der Waals surface area contributed by atoms with E-state index in [1.807, 2.05) is 0 Å². The minimum atomic E-state index is -5.56. The number of hydrogen-bond donors (Lipinski definition) is 0. The van der Waals surface area contributed by atoms with Gasteiger partial charge in [-0.1, -0.05) is 36.4 Å². The van der Waals surface area contributed by atoms with E-state index in [2.05, 4.69) is 0 Å². The van der Waals surface area contributed by atoms with E-state index in [0.29, 0.717) is 14.7 Å². The Hall–Kier alpha value is -8.16. The number of carbonyl (C=O) groups excluding carboxylic acids is 6. The molecule has 3 heterocycles. The zero-order valence-corrected chi connectivity index (χ0v) is 64.8. The molecule has 3 aromatic rings. The average molecular weight is 1710 g/mol. The summed E-state index contributed by atoms with van der Waals surface area (Å²) < 4.78 is 354. The van der Waals surface area contributed by atoms with Crippen molar-refractivity contribution in [2.75, 3.05) is 62.5 Å². The smallest absolute Gasteiger partial charge is 0.497 e. The van der Waals surface area contributed by atoms with Gasteiger partial charge >= 0.3 is 79.6 Å². The van der Waals surface area contributed by atoms with Crippen LogP contribution >= 0.6 is 0 Å². The molecule has 3 aliphatic heterocycles. The molecule has 0 N–H and O–H groups in total.